The molecule has 2 saturated heterocycles. The molecule has 0 unspecified atom stereocenters. The van der Waals surface area contributed by atoms with Gasteiger partial charge in [0.2, 0.25) is 5.95 Å². The number of rotatable bonds is 10. The van der Waals surface area contributed by atoms with E-state index in [4.69, 9.17) is 9.97 Å². The number of benzene rings is 3. The number of aromatic nitrogens is 3. The van der Waals surface area contributed by atoms with E-state index in [2.05, 4.69) is 38.3 Å². The molecule has 0 aliphatic carbocycles. The molecule has 7 nitrogen and oxygen atoms in total. The first-order valence-electron chi connectivity index (χ1n) is 16.2. The summed E-state index contributed by atoms with van der Waals surface area (Å²) in [5.74, 6) is -1.83. The van der Waals surface area contributed by atoms with Gasteiger partial charge in [-0.15, -0.1) is 0 Å². The van der Waals surface area contributed by atoms with Gasteiger partial charge < -0.3 is 10.2 Å². The first-order valence-corrected chi connectivity index (χ1v) is 17.1. The van der Waals surface area contributed by atoms with Crippen LogP contribution in [0, 0.1) is 11.6 Å². The zero-order valence-electron chi connectivity index (χ0n) is 26.1. The predicted molar refractivity (Wildman–Crippen MR) is 183 cm³/mol. The van der Waals surface area contributed by atoms with Gasteiger partial charge in [-0.05, 0) is 92.7 Å². The van der Waals surface area contributed by atoms with Crippen molar-refractivity contribution in [2.45, 2.75) is 45.1 Å². The monoisotopic (exact) mass is 650 g/mol. The zero-order chi connectivity index (χ0) is 32.2. The van der Waals surface area contributed by atoms with Crippen LogP contribution in [0.3, 0.4) is 0 Å². The number of piperidine rings is 1. The van der Waals surface area contributed by atoms with Gasteiger partial charge in [-0.3, -0.25) is 9.69 Å². The molecule has 0 radical (unpaired) electrons. The second-order valence-corrected chi connectivity index (χ2v) is 13.2. The normalized spacial score (nSPS) is 15.2. The molecule has 0 spiro atoms. The van der Waals surface area contributed by atoms with E-state index in [1.807, 2.05) is 30.3 Å². The minimum atomic E-state index is -0.856. The van der Waals surface area contributed by atoms with Crippen molar-refractivity contribution < 1.29 is 13.6 Å². The van der Waals surface area contributed by atoms with Crippen LogP contribution in [-0.2, 0) is 13.0 Å². The Bertz CT molecular complexity index is 1860. The molecule has 7 rings (SSSR count). The lowest BCUT2D eigenvalue weighted by molar-refractivity contribution is 0.0985. The summed E-state index contributed by atoms with van der Waals surface area (Å²) in [6.45, 7) is 5.10. The second-order valence-electron chi connectivity index (χ2n) is 12.2. The summed E-state index contributed by atoms with van der Waals surface area (Å²) in [6, 6.07) is 21.2. The van der Waals surface area contributed by atoms with E-state index in [0.717, 1.165) is 90.3 Å². The molecule has 2 fully saturated rings. The number of nitrogens with one attached hydrogen (secondary N) is 1. The number of Topliss-reactive ketones (excluding diaryl/α,β-unsaturated/α-hetero) is 1. The Balaban J connectivity index is 1.19. The minimum absolute atomic E-state index is 0.136. The highest BCUT2D eigenvalue weighted by atomic mass is 32.1. The molecule has 1 N–H and O–H groups in total. The maximum absolute atomic E-state index is 14.3. The Labute approximate surface area is 277 Å². The van der Waals surface area contributed by atoms with Crippen LogP contribution in [0.5, 0.6) is 0 Å². The standard InChI is InChI=1S/C37H36F2N6OS/c38-29-13-8-14-30(39)33(29)32(46)23-25-9-6-11-27(21-25)34-35(47-37(43-34)45-19-2-1-3-20-45)31-15-16-40-36(42-31)41-28-12-7-10-26(22-28)24-44-17-4-5-18-44/h6-16,21-22H,1-5,17-20,23-24H2,(H,40,41,42). The Morgan fingerprint density at radius 1 is 0.809 bits per heavy atom. The molecular formula is C37H36F2N6OS. The third kappa shape index (κ3) is 7.24. The number of carbonyl (C=O) groups excluding carboxylic acids is 1. The van der Waals surface area contributed by atoms with Gasteiger partial charge in [0.25, 0.3) is 0 Å². The number of hydrogen-bond donors (Lipinski definition) is 1. The van der Waals surface area contributed by atoms with Crippen molar-refractivity contribution in [3.63, 3.8) is 0 Å². The van der Waals surface area contributed by atoms with Crippen LogP contribution in [-0.4, -0.2) is 51.8 Å². The van der Waals surface area contributed by atoms with Crippen molar-refractivity contribution in [3.05, 3.63) is 107 Å². The van der Waals surface area contributed by atoms with Crippen molar-refractivity contribution in [2.75, 3.05) is 36.4 Å². The fraction of sp³-hybridized carbons (Fsp3) is 0.297. The summed E-state index contributed by atoms with van der Waals surface area (Å²) >= 11 is 1.59. The largest absolute Gasteiger partial charge is 0.348 e. The molecule has 0 atom stereocenters. The highest BCUT2D eigenvalue weighted by Gasteiger charge is 2.23. The van der Waals surface area contributed by atoms with Crippen LogP contribution >= 0.6 is 11.3 Å². The van der Waals surface area contributed by atoms with Gasteiger partial charge in [0.05, 0.1) is 21.8 Å². The Hall–Kier alpha value is -4.54. The molecule has 5 aromatic rings. The number of hydrogen-bond acceptors (Lipinski definition) is 8. The van der Waals surface area contributed by atoms with Gasteiger partial charge in [0.1, 0.15) is 11.6 Å². The van der Waals surface area contributed by atoms with Crippen molar-refractivity contribution in [2.24, 2.45) is 0 Å². The third-order valence-electron chi connectivity index (χ3n) is 8.73. The molecule has 2 aromatic heterocycles. The van der Waals surface area contributed by atoms with E-state index >= 15 is 0 Å². The molecule has 2 aliphatic heterocycles. The second kappa shape index (κ2) is 14.1. The lowest BCUT2D eigenvalue weighted by Crippen LogP contribution is -2.29. The van der Waals surface area contributed by atoms with Crippen molar-refractivity contribution in [3.8, 4) is 21.8 Å². The average molecular weight is 651 g/mol. The highest BCUT2D eigenvalue weighted by molar-refractivity contribution is 7.19. The molecule has 4 heterocycles. The van der Waals surface area contributed by atoms with Crippen molar-refractivity contribution >= 4 is 33.9 Å². The van der Waals surface area contributed by atoms with Crippen LogP contribution in [0.1, 0.15) is 53.6 Å². The SMILES string of the molecule is O=C(Cc1cccc(-c2nc(N3CCCCC3)sc2-c2ccnc(Nc3cccc(CN4CCCC4)c3)n2)c1)c1c(F)cccc1F. The molecule has 47 heavy (non-hydrogen) atoms. The molecule has 240 valence electrons. The van der Waals surface area contributed by atoms with E-state index in [0.29, 0.717) is 11.5 Å². The lowest BCUT2D eigenvalue weighted by Gasteiger charge is -2.25. The lowest BCUT2D eigenvalue weighted by atomic mass is 9.99. The first kappa shape index (κ1) is 31.1. The maximum atomic E-state index is 14.3. The quantitative estimate of drug-likeness (QED) is 0.153. The number of nitrogens with zero attached hydrogens (tertiary/aromatic N) is 5. The number of anilines is 3. The fourth-order valence-electron chi connectivity index (χ4n) is 6.39. The molecular weight excluding hydrogens is 615 g/mol. The number of ketones is 1. The Kier molecular flexibility index (Phi) is 9.30. The Morgan fingerprint density at radius 2 is 1.53 bits per heavy atom. The first-order chi connectivity index (χ1) is 23.0. The van der Waals surface area contributed by atoms with E-state index in [1.165, 1.54) is 30.9 Å². The third-order valence-corrected chi connectivity index (χ3v) is 9.86. The van der Waals surface area contributed by atoms with Gasteiger partial charge in [-0.2, -0.15) is 0 Å². The van der Waals surface area contributed by atoms with E-state index < -0.39 is 23.0 Å². The molecule has 0 amide bonds. The van der Waals surface area contributed by atoms with Gasteiger partial charge >= 0.3 is 0 Å². The smallest absolute Gasteiger partial charge is 0.227 e. The van der Waals surface area contributed by atoms with Crippen LogP contribution in [0.25, 0.3) is 21.8 Å². The van der Waals surface area contributed by atoms with Crippen LogP contribution in [0.2, 0.25) is 0 Å². The molecule has 0 saturated carbocycles. The van der Waals surface area contributed by atoms with Gasteiger partial charge in [0.15, 0.2) is 10.9 Å². The number of halogens is 2. The van der Waals surface area contributed by atoms with E-state index in [1.54, 1.807) is 23.6 Å². The summed E-state index contributed by atoms with van der Waals surface area (Å²) in [5, 5.41) is 4.32. The minimum Gasteiger partial charge on any atom is -0.348 e. The van der Waals surface area contributed by atoms with Gasteiger partial charge in [0, 0.05) is 43.5 Å². The van der Waals surface area contributed by atoms with Gasteiger partial charge in [-0.25, -0.2) is 23.7 Å². The zero-order valence-corrected chi connectivity index (χ0v) is 26.9. The van der Waals surface area contributed by atoms with Gasteiger partial charge in [-0.1, -0.05) is 47.7 Å². The summed E-state index contributed by atoms with van der Waals surface area (Å²) in [7, 11) is 0. The summed E-state index contributed by atoms with van der Waals surface area (Å²) in [6.07, 6.45) is 7.57. The summed E-state index contributed by atoms with van der Waals surface area (Å²) in [5.41, 5.74) is 4.61. The number of likely N-dealkylation sites (tertiary alicyclic amines) is 1. The fourth-order valence-corrected chi connectivity index (χ4v) is 7.50. The predicted octanol–water partition coefficient (Wildman–Crippen LogP) is 8.30. The highest BCUT2D eigenvalue weighted by Crippen LogP contribution is 2.41. The number of thiazole rings is 1. The molecule has 3 aromatic carbocycles. The van der Waals surface area contributed by atoms with Crippen LogP contribution in [0.4, 0.5) is 25.5 Å². The van der Waals surface area contributed by atoms with Crippen molar-refractivity contribution in [1.29, 1.82) is 0 Å². The average Bonchev–Trinajstić information content (AvgIpc) is 3.76. The van der Waals surface area contributed by atoms with Crippen LogP contribution in [0.15, 0.2) is 79.0 Å². The van der Waals surface area contributed by atoms with Crippen LogP contribution < -0.4 is 10.2 Å². The van der Waals surface area contributed by atoms with E-state index in [9.17, 15) is 13.6 Å². The topological polar surface area (TPSA) is 74.2 Å². The molecule has 2 aliphatic rings. The summed E-state index contributed by atoms with van der Waals surface area (Å²) < 4.78 is 28.7. The number of carbonyl (C=O) groups is 1. The molecule has 0 bridgehead atoms. The summed E-state index contributed by atoms with van der Waals surface area (Å²) in [4.78, 5) is 33.2. The molecule has 10 heteroatoms. The maximum Gasteiger partial charge on any atom is 0.227 e. The van der Waals surface area contributed by atoms with E-state index in [-0.39, 0.29) is 6.42 Å². The van der Waals surface area contributed by atoms with Crippen molar-refractivity contribution in [1.82, 2.24) is 19.9 Å². The Morgan fingerprint density at radius 3 is 2.34 bits per heavy atom.